The number of benzene rings is 2. The smallest absolute Gasteiger partial charge is 0.290 e. The SMILES string of the molecule is O=C(C1=C(O)C(=O)N(Cc2ccc(F)cc2)C1c1ccc(F)cc1)c1ccco1. The molecule has 0 saturated heterocycles. The first kappa shape index (κ1) is 18.6. The van der Waals surface area contributed by atoms with Gasteiger partial charge in [0.05, 0.1) is 17.9 Å². The van der Waals surface area contributed by atoms with Crippen molar-refractivity contribution in [2.45, 2.75) is 12.6 Å². The zero-order chi connectivity index (χ0) is 20.5. The maximum Gasteiger partial charge on any atom is 0.290 e. The molecule has 7 heteroatoms. The summed E-state index contributed by atoms with van der Waals surface area (Å²) in [5.74, 6) is -3.02. The molecule has 0 bridgehead atoms. The second kappa shape index (κ2) is 7.35. The largest absolute Gasteiger partial charge is 0.503 e. The van der Waals surface area contributed by atoms with Crippen molar-refractivity contribution in [1.82, 2.24) is 4.90 Å². The van der Waals surface area contributed by atoms with E-state index in [-0.39, 0.29) is 17.9 Å². The molecule has 1 aliphatic rings. The highest BCUT2D eigenvalue weighted by atomic mass is 19.1. The number of carbonyl (C=O) groups excluding carboxylic acids is 2. The van der Waals surface area contributed by atoms with Crippen molar-refractivity contribution in [3.8, 4) is 0 Å². The fraction of sp³-hybridized carbons (Fsp3) is 0.0909. The summed E-state index contributed by atoms with van der Waals surface area (Å²) < 4.78 is 31.8. The van der Waals surface area contributed by atoms with Crippen molar-refractivity contribution in [3.05, 3.63) is 107 Å². The lowest BCUT2D eigenvalue weighted by molar-refractivity contribution is -0.130. The Morgan fingerprint density at radius 3 is 2.21 bits per heavy atom. The molecular weight excluding hydrogens is 380 g/mol. The molecule has 29 heavy (non-hydrogen) atoms. The summed E-state index contributed by atoms with van der Waals surface area (Å²) in [5, 5.41) is 10.5. The van der Waals surface area contributed by atoms with Gasteiger partial charge in [-0.2, -0.15) is 0 Å². The first-order valence-corrected chi connectivity index (χ1v) is 8.78. The number of nitrogens with zero attached hydrogens (tertiary/aromatic N) is 1. The van der Waals surface area contributed by atoms with E-state index in [1.165, 1.54) is 71.8 Å². The van der Waals surface area contributed by atoms with E-state index in [1.807, 2.05) is 0 Å². The van der Waals surface area contributed by atoms with Crippen LogP contribution in [0.5, 0.6) is 0 Å². The summed E-state index contributed by atoms with van der Waals surface area (Å²) in [4.78, 5) is 27.0. The van der Waals surface area contributed by atoms with Crippen molar-refractivity contribution < 1.29 is 27.9 Å². The average Bonchev–Trinajstić information content (AvgIpc) is 3.33. The third kappa shape index (κ3) is 3.42. The third-order valence-electron chi connectivity index (χ3n) is 4.75. The molecule has 1 aromatic heterocycles. The van der Waals surface area contributed by atoms with Crippen LogP contribution in [0.15, 0.2) is 82.7 Å². The second-order valence-electron chi connectivity index (χ2n) is 6.58. The van der Waals surface area contributed by atoms with Gasteiger partial charge in [-0.25, -0.2) is 8.78 Å². The van der Waals surface area contributed by atoms with Crippen LogP contribution in [0.1, 0.15) is 27.7 Å². The number of ketones is 1. The Morgan fingerprint density at radius 1 is 1.00 bits per heavy atom. The number of rotatable bonds is 5. The van der Waals surface area contributed by atoms with Gasteiger partial charge in [0.1, 0.15) is 11.6 Å². The van der Waals surface area contributed by atoms with Crippen molar-refractivity contribution in [3.63, 3.8) is 0 Å². The Balaban J connectivity index is 1.78. The fourth-order valence-corrected chi connectivity index (χ4v) is 3.37. The Morgan fingerprint density at radius 2 is 1.62 bits per heavy atom. The van der Waals surface area contributed by atoms with Gasteiger partial charge in [0, 0.05) is 6.54 Å². The Bertz CT molecular complexity index is 1090. The summed E-state index contributed by atoms with van der Waals surface area (Å²) in [6.45, 7) is 0.0140. The van der Waals surface area contributed by atoms with Crippen LogP contribution in [0.4, 0.5) is 8.78 Å². The van der Waals surface area contributed by atoms with Crippen LogP contribution in [0.2, 0.25) is 0 Å². The molecule has 5 nitrogen and oxygen atoms in total. The summed E-state index contributed by atoms with van der Waals surface area (Å²) in [6.07, 6.45) is 1.31. The Kier molecular flexibility index (Phi) is 4.72. The molecule has 146 valence electrons. The van der Waals surface area contributed by atoms with Gasteiger partial charge in [-0.05, 0) is 47.5 Å². The van der Waals surface area contributed by atoms with Crippen LogP contribution in [0.3, 0.4) is 0 Å². The lowest BCUT2D eigenvalue weighted by Gasteiger charge is -2.26. The van der Waals surface area contributed by atoms with Gasteiger partial charge in [0.25, 0.3) is 5.91 Å². The van der Waals surface area contributed by atoms with Crippen LogP contribution in [0, 0.1) is 11.6 Å². The summed E-state index contributed by atoms with van der Waals surface area (Å²) in [7, 11) is 0. The third-order valence-corrected chi connectivity index (χ3v) is 4.75. The van der Waals surface area contributed by atoms with Crippen LogP contribution in [0.25, 0.3) is 0 Å². The summed E-state index contributed by atoms with van der Waals surface area (Å²) in [5.41, 5.74) is 0.894. The minimum atomic E-state index is -0.953. The number of furan rings is 1. The second-order valence-corrected chi connectivity index (χ2v) is 6.58. The molecule has 0 spiro atoms. The Hall–Kier alpha value is -3.74. The number of aliphatic hydroxyl groups is 1. The quantitative estimate of drug-likeness (QED) is 0.653. The zero-order valence-electron chi connectivity index (χ0n) is 15.0. The van der Waals surface area contributed by atoms with Crippen molar-refractivity contribution in [1.29, 1.82) is 0 Å². The first-order chi connectivity index (χ1) is 14.0. The van der Waals surface area contributed by atoms with Crippen LogP contribution in [-0.4, -0.2) is 21.7 Å². The molecule has 2 heterocycles. The van der Waals surface area contributed by atoms with E-state index in [9.17, 15) is 23.5 Å². The number of halogens is 2. The van der Waals surface area contributed by atoms with E-state index < -0.39 is 35.1 Å². The highest BCUT2D eigenvalue weighted by Gasteiger charge is 2.44. The summed E-state index contributed by atoms with van der Waals surface area (Å²) >= 11 is 0. The van der Waals surface area contributed by atoms with Crippen molar-refractivity contribution >= 4 is 11.7 Å². The molecular formula is C22H15F2NO4. The molecule has 1 atom stereocenters. The minimum absolute atomic E-state index is 0.0140. The standard InChI is InChI=1S/C22H15F2NO4/c23-15-7-3-13(4-8-15)12-25-19(14-5-9-16(24)10-6-14)18(21(27)22(25)28)20(26)17-2-1-11-29-17/h1-11,19,27H,12H2. The van der Waals surface area contributed by atoms with Gasteiger partial charge in [-0.1, -0.05) is 24.3 Å². The number of hydrogen-bond donors (Lipinski definition) is 1. The number of amides is 1. The van der Waals surface area contributed by atoms with Gasteiger partial charge in [0.15, 0.2) is 11.5 Å². The molecule has 0 fully saturated rings. The monoisotopic (exact) mass is 395 g/mol. The lowest BCUT2D eigenvalue weighted by Crippen LogP contribution is -2.30. The van der Waals surface area contributed by atoms with Gasteiger partial charge in [-0.15, -0.1) is 0 Å². The molecule has 1 unspecified atom stereocenters. The van der Waals surface area contributed by atoms with Gasteiger partial charge in [-0.3, -0.25) is 9.59 Å². The van der Waals surface area contributed by atoms with Crippen LogP contribution < -0.4 is 0 Å². The van der Waals surface area contributed by atoms with Crippen molar-refractivity contribution in [2.75, 3.05) is 0 Å². The molecule has 0 radical (unpaired) electrons. The maximum absolute atomic E-state index is 13.4. The molecule has 2 aromatic carbocycles. The van der Waals surface area contributed by atoms with Gasteiger partial charge >= 0.3 is 0 Å². The van der Waals surface area contributed by atoms with Crippen LogP contribution in [-0.2, 0) is 11.3 Å². The van der Waals surface area contributed by atoms with E-state index >= 15 is 0 Å². The molecule has 3 aromatic rings. The molecule has 0 saturated carbocycles. The average molecular weight is 395 g/mol. The number of aliphatic hydroxyl groups excluding tert-OH is 1. The Labute approximate surface area is 164 Å². The first-order valence-electron chi connectivity index (χ1n) is 8.78. The minimum Gasteiger partial charge on any atom is -0.503 e. The van der Waals surface area contributed by atoms with E-state index in [0.717, 1.165) is 0 Å². The number of carbonyl (C=O) groups is 2. The predicted molar refractivity (Wildman–Crippen MR) is 98.8 cm³/mol. The number of Topliss-reactive ketones (excluding diaryl/α,β-unsaturated/α-hetero) is 1. The highest BCUT2D eigenvalue weighted by molar-refractivity contribution is 6.14. The molecule has 0 aliphatic carbocycles. The molecule has 1 aliphatic heterocycles. The van der Waals surface area contributed by atoms with E-state index in [4.69, 9.17) is 4.42 Å². The lowest BCUT2D eigenvalue weighted by atomic mass is 9.95. The van der Waals surface area contributed by atoms with Crippen LogP contribution >= 0.6 is 0 Å². The van der Waals surface area contributed by atoms with Gasteiger partial charge < -0.3 is 14.4 Å². The topological polar surface area (TPSA) is 70.8 Å². The predicted octanol–water partition coefficient (Wildman–Crippen LogP) is 4.34. The molecule has 1 N–H and O–H groups in total. The maximum atomic E-state index is 13.4. The fourth-order valence-electron chi connectivity index (χ4n) is 3.37. The van der Waals surface area contributed by atoms with Gasteiger partial charge in [0.2, 0.25) is 5.78 Å². The van der Waals surface area contributed by atoms with Crippen molar-refractivity contribution in [2.24, 2.45) is 0 Å². The molecule has 4 rings (SSSR count). The highest BCUT2D eigenvalue weighted by Crippen LogP contribution is 2.40. The summed E-state index contributed by atoms with van der Waals surface area (Å²) in [6, 6.07) is 12.8. The number of hydrogen-bond acceptors (Lipinski definition) is 4. The van der Waals surface area contributed by atoms with E-state index in [1.54, 1.807) is 0 Å². The van der Waals surface area contributed by atoms with E-state index in [0.29, 0.717) is 11.1 Å². The van der Waals surface area contributed by atoms with E-state index in [2.05, 4.69) is 0 Å². The normalized spacial score (nSPS) is 16.6. The molecule has 1 amide bonds. The zero-order valence-corrected chi connectivity index (χ0v) is 15.0.